The Labute approximate surface area is 238 Å². The van der Waals surface area contributed by atoms with Crippen molar-refractivity contribution in [1.29, 1.82) is 0 Å². The van der Waals surface area contributed by atoms with Crippen molar-refractivity contribution in [1.82, 2.24) is 5.32 Å². The number of nitrogens with zero attached hydrogens (tertiary/aromatic N) is 1. The topological polar surface area (TPSA) is 84.9 Å². The lowest BCUT2D eigenvalue weighted by Gasteiger charge is -2.36. The third kappa shape index (κ3) is 5.82. The highest BCUT2D eigenvalue weighted by Gasteiger charge is 2.38. The summed E-state index contributed by atoms with van der Waals surface area (Å²) >= 11 is 0. The van der Waals surface area contributed by atoms with E-state index in [0.717, 1.165) is 28.0 Å². The predicted molar refractivity (Wildman–Crippen MR) is 159 cm³/mol. The first-order valence-corrected chi connectivity index (χ1v) is 15.1. The van der Waals surface area contributed by atoms with Crippen molar-refractivity contribution >= 4 is 21.6 Å². The van der Waals surface area contributed by atoms with Crippen molar-refractivity contribution in [3.8, 4) is 11.5 Å². The van der Waals surface area contributed by atoms with Gasteiger partial charge in [0.2, 0.25) is 0 Å². The molecule has 0 bridgehead atoms. The quantitative estimate of drug-likeness (QED) is 0.366. The lowest BCUT2D eigenvalue weighted by Crippen LogP contribution is -2.51. The molecular formula is C32H40N2O5S. The van der Waals surface area contributed by atoms with E-state index in [0.29, 0.717) is 11.4 Å². The van der Waals surface area contributed by atoms with Gasteiger partial charge in [-0.25, -0.2) is 8.42 Å². The Bertz CT molecular complexity index is 1490. The van der Waals surface area contributed by atoms with Gasteiger partial charge >= 0.3 is 0 Å². The summed E-state index contributed by atoms with van der Waals surface area (Å²) in [5.74, 6) is 1.03. The standard InChI is InChI=1S/C32H40N2O5S/c1-20(2)25-18-26(21(3)16-29(25)38-8)22(4)33-31(35)30-19-34(40(36,37)24-12-10-9-11-13-24)27-17-23(32(5,6)7)14-15-28(27)39-30/h9-18,20,22,30H,19H2,1-8H3,(H,33,35). The number of anilines is 1. The molecular weight excluding hydrogens is 524 g/mol. The van der Waals surface area contributed by atoms with E-state index in [4.69, 9.17) is 9.47 Å². The van der Waals surface area contributed by atoms with Crippen LogP contribution >= 0.6 is 0 Å². The summed E-state index contributed by atoms with van der Waals surface area (Å²) in [6.45, 7) is 14.2. The van der Waals surface area contributed by atoms with Gasteiger partial charge in [0.05, 0.1) is 30.3 Å². The molecule has 0 radical (unpaired) electrons. The highest BCUT2D eigenvalue weighted by molar-refractivity contribution is 7.92. The average molecular weight is 565 g/mol. The molecule has 40 heavy (non-hydrogen) atoms. The zero-order chi connectivity index (χ0) is 29.4. The molecule has 0 saturated carbocycles. The smallest absolute Gasteiger partial charge is 0.264 e. The third-order valence-electron chi connectivity index (χ3n) is 7.38. The largest absolute Gasteiger partial charge is 0.496 e. The first kappa shape index (κ1) is 29.5. The van der Waals surface area contributed by atoms with Crippen molar-refractivity contribution in [3.63, 3.8) is 0 Å². The minimum absolute atomic E-state index is 0.144. The molecule has 8 heteroatoms. The summed E-state index contributed by atoms with van der Waals surface area (Å²) in [4.78, 5) is 13.8. The molecule has 1 aliphatic rings. The average Bonchev–Trinajstić information content (AvgIpc) is 2.91. The number of fused-ring (bicyclic) bond motifs is 1. The van der Waals surface area contributed by atoms with Gasteiger partial charge in [0.15, 0.2) is 6.10 Å². The Kier molecular flexibility index (Phi) is 8.22. The summed E-state index contributed by atoms with van der Waals surface area (Å²) in [5, 5.41) is 3.06. The number of amides is 1. The summed E-state index contributed by atoms with van der Waals surface area (Å²) in [6, 6.07) is 17.5. The molecule has 1 heterocycles. The van der Waals surface area contributed by atoms with Crippen LogP contribution in [0.25, 0.3) is 0 Å². The third-order valence-corrected chi connectivity index (χ3v) is 9.18. The van der Waals surface area contributed by atoms with E-state index < -0.39 is 16.1 Å². The number of hydrogen-bond donors (Lipinski definition) is 1. The van der Waals surface area contributed by atoms with Gasteiger partial charge < -0.3 is 14.8 Å². The van der Waals surface area contributed by atoms with E-state index in [-0.39, 0.29) is 34.7 Å². The Morgan fingerprint density at radius 3 is 2.30 bits per heavy atom. The zero-order valence-corrected chi connectivity index (χ0v) is 25.4. The number of ether oxygens (including phenoxy) is 2. The van der Waals surface area contributed by atoms with Crippen LogP contribution in [0.2, 0.25) is 0 Å². The number of hydrogen-bond acceptors (Lipinski definition) is 5. The molecule has 0 fully saturated rings. The molecule has 214 valence electrons. The Morgan fingerprint density at radius 2 is 1.70 bits per heavy atom. The van der Waals surface area contributed by atoms with E-state index in [1.807, 2.05) is 32.0 Å². The van der Waals surface area contributed by atoms with Crippen LogP contribution in [-0.2, 0) is 20.2 Å². The van der Waals surface area contributed by atoms with Gasteiger partial charge in [-0.05, 0) is 83.8 Å². The fraction of sp³-hybridized carbons (Fsp3) is 0.406. The highest BCUT2D eigenvalue weighted by atomic mass is 32.2. The maximum Gasteiger partial charge on any atom is 0.264 e. The van der Waals surface area contributed by atoms with Gasteiger partial charge in [-0.3, -0.25) is 9.10 Å². The van der Waals surface area contributed by atoms with E-state index in [1.165, 1.54) is 4.31 Å². The SMILES string of the molecule is COc1cc(C)c(C(C)NC(=O)C2CN(S(=O)(=O)c3ccccc3)c3cc(C(C)(C)C)ccc3O2)cc1C(C)C. The van der Waals surface area contributed by atoms with Gasteiger partial charge in [-0.15, -0.1) is 0 Å². The maximum absolute atomic E-state index is 13.9. The molecule has 1 N–H and O–H groups in total. The number of nitrogens with one attached hydrogen (secondary N) is 1. The van der Waals surface area contributed by atoms with Gasteiger partial charge in [0, 0.05) is 0 Å². The number of carbonyl (C=O) groups excluding carboxylic acids is 1. The Morgan fingerprint density at radius 1 is 1.02 bits per heavy atom. The van der Waals surface area contributed by atoms with Gasteiger partial charge in [0.25, 0.3) is 15.9 Å². The maximum atomic E-state index is 13.9. The fourth-order valence-electron chi connectivity index (χ4n) is 5.00. The molecule has 0 aliphatic carbocycles. The predicted octanol–water partition coefficient (Wildman–Crippen LogP) is 6.26. The second kappa shape index (κ2) is 11.2. The van der Waals surface area contributed by atoms with Crippen LogP contribution in [0.15, 0.2) is 65.6 Å². The van der Waals surface area contributed by atoms with Crippen molar-refractivity contribution in [2.45, 2.75) is 76.8 Å². The molecule has 0 saturated heterocycles. The first-order chi connectivity index (χ1) is 18.7. The monoisotopic (exact) mass is 564 g/mol. The normalized spacial score (nSPS) is 16.2. The van der Waals surface area contributed by atoms with Gasteiger partial charge in [-0.2, -0.15) is 0 Å². The van der Waals surface area contributed by atoms with Crippen LogP contribution in [0.1, 0.15) is 75.8 Å². The van der Waals surface area contributed by atoms with E-state index in [9.17, 15) is 13.2 Å². The van der Waals surface area contributed by atoms with Crippen LogP contribution in [0, 0.1) is 6.92 Å². The van der Waals surface area contributed by atoms with Crippen molar-refractivity contribution in [2.24, 2.45) is 0 Å². The van der Waals surface area contributed by atoms with Crippen LogP contribution < -0.4 is 19.1 Å². The van der Waals surface area contributed by atoms with Gasteiger partial charge in [0.1, 0.15) is 11.5 Å². The minimum Gasteiger partial charge on any atom is -0.496 e. The Hall–Kier alpha value is -3.52. The second-order valence-electron chi connectivity index (χ2n) is 11.7. The molecule has 0 spiro atoms. The zero-order valence-electron chi connectivity index (χ0n) is 24.6. The minimum atomic E-state index is -3.95. The molecule has 7 nitrogen and oxygen atoms in total. The Balaban J connectivity index is 1.68. The number of rotatable bonds is 7. The highest BCUT2D eigenvalue weighted by Crippen LogP contribution is 2.40. The lowest BCUT2D eigenvalue weighted by molar-refractivity contribution is -0.128. The summed E-state index contributed by atoms with van der Waals surface area (Å²) in [6.07, 6.45) is -1.03. The molecule has 3 aromatic rings. The molecule has 2 unspecified atom stereocenters. The number of sulfonamides is 1. The molecule has 1 aliphatic heterocycles. The number of benzene rings is 3. The van der Waals surface area contributed by atoms with Crippen molar-refractivity contribution in [3.05, 3.63) is 82.9 Å². The van der Waals surface area contributed by atoms with E-state index >= 15 is 0 Å². The molecule has 4 rings (SSSR count). The molecule has 0 aromatic heterocycles. The second-order valence-corrected chi connectivity index (χ2v) is 13.6. The van der Waals surface area contributed by atoms with Crippen molar-refractivity contribution < 1.29 is 22.7 Å². The summed E-state index contributed by atoms with van der Waals surface area (Å²) < 4.78 is 40.7. The number of methoxy groups -OCH3 is 1. The number of aryl methyl sites for hydroxylation is 1. The number of carbonyl (C=O) groups is 1. The van der Waals surface area contributed by atoms with E-state index in [1.54, 1.807) is 43.5 Å². The first-order valence-electron chi connectivity index (χ1n) is 13.6. The van der Waals surface area contributed by atoms with Crippen LogP contribution in [-0.4, -0.2) is 34.1 Å². The van der Waals surface area contributed by atoms with Crippen LogP contribution in [0.5, 0.6) is 11.5 Å². The van der Waals surface area contributed by atoms with E-state index in [2.05, 4.69) is 46.0 Å². The molecule has 1 amide bonds. The van der Waals surface area contributed by atoms with Crippen molar-refractivity contribution in [2.75, 3.05) is 18.0 Å². The van der Waals surface area contributed by atoms with Gasteiger partial charge in [-0.1, -0.05) is 58.9 Å². The van der Waals surface area contributed by atoms with Crippen LogP contribution in [0.3, 0.4) is 0 Å². The molecule has 2 atom stereocenters. The summed E-state index contributed by atoms with van der Waals surface area (Å²) in [5.41, 5.74) is 4.22. The van der Waals surface area contributed by atoms with Crippen LogP contribution in [0.4, 0.5) is 5.69 Å². The fourth-order valence-corrected chi connectivity index (χ4v) is 6.48. The lowest BCUT2D eigenvalue weighted by atomic mass is 9.86. The molecule has 3 aromatic carbocycles. The summed E-state index contributed by atoms with van der Waals surface area (Å²) in [7, 11) is -2.30.